The molecule has 2 aromatic rings. The van der Waals surface area contributed by atoms with Gasteiger partial charge in [-0.2, -0.15) is 0 Å². The number of benzene rings is 1. The number of hydrogen-bond donors (Lipinski definition) is 2. The lowest BCUT2D eigenvalue weighted by Gasteiger charge is -2.13. The molecule has 0 saturated heterocycles. The van der Waals surface area contributed by atoms with E-state index in [9.17, 15) is 4.79 Å². The summed E-state index contributed by atoms with van der Waals surface area (Å²) in [7, 11) is 1.64. The van der Waals surface area contributed by atoms with E-state index in [1.54, 1.807) is 25.4 Å². The second kappa shape index (κ2) is 8.17. The molecule has 0 spiro atoms. The summed E-state index contributed by atoms with van der Waals surface area (Å²) in [4.78, 5) is 16.6. The summed E-state index contributed by atoms with van der Waals surface area (Å²) in [5.74, 6) is 1.33. The molecule has 1 aromatic heterocycles. The molecular weight excluding hydrogens is 290 g/mol. The molecule has 0 aliphatic rings. The van der Waals surface area contributed by atoms with Crippen LogP contribution in [0.5, 0.6) is 5.75 Å². The van der Waals surface area contributed by atoms with Crippen molar-refractivity contribution in [3.63, 3.8) is 0 Å². The van der Waals surface area contributed by atoms with Gasteiger partial charge in [-0.3, -0.25) is 4.79 Å². The predicted octanol–water partition coefficient (Wildman–Crippen LogP) is 2.88. The molecule has 0 aliphatic heterocycles. The van der Waals surface area contributed by atoms with Crippen molar-refractivity contribution in [1.82, 2.24) is 10.3 Å². The molecule has 1 aromatic carbocycles. The van der Waals surface area contributed by atoms with Gasteiger partial charge in [0.2, 0.25) is 0 Å². The molecule has 0 radical (unpaired) electrons. The lowest BCUT2D eigenvalue weighted by atomic mass is 10.1. The van der Waals surface area contributed by atoms with Gasteiger partial charge in [-0.25, -0.2) is 4.98 Å². The number of nitrogens with zero attached hydrogens (tertiary/aromatic N) is 1. The second-order valence-electron chi connectivity index (χ2n) is 5.55. The molecule has 0 bridgehead atoms. The molecule has 5 nitrogen and oxygen atoms in total. The van der Waals surface area contributed by atoms with Crippen LogP contribution >= 0.6 is 0 Å². The van der Waals surface area contributed by atoms with E-state index in [1.807, 2.05) is 38.1 Å². The lowest BCUT2D eigenvalue weighted by molar-refractivity contribution is 0.0954. The van der Waals surface area contributed by atoms with Crippen LogP contribution in [0.15, 0.2) is 42.6 Å². The minimum atomic E-state index is -0.116. The monoisotopic (exact) mass is 313 g/mol. The Hall–Kier alpha value is -2.56. The van der Waals surface area contributed by atoms with Crippen LogP contribution in [0.3, 0.4) is 0 Å². The van der Waals surface area contributed by atoms with E-state index in [2.05, 4.69) is 15.6 Å². The highest BCUT2D eigenvalue weighted by atomic mass is 16.5. The summed E-state index contributed by atoms with van der Waals surface area (Å²) in [6.07, 6.45) is 2.45. The molecule has 0 saturated carbocycles. The average molecular weight is 313 g/mol. The van der Waals surface area contributed by atoms with Gasteiger partial charge in [0, 0.05) is 18.8 Å². The number of nitrogens with one attached hydrogen (secondary N) is 2. The van der Waals surface area contributed by atoms with Crippen molar-refractivity contribution in [2.75, 3.05) is 19.0 Å². The Morgan fingerprint density at radius 2 is 1.96 bits per heavy atom. The number of rotatable bonds is 7. The molecule has 2 N–H and O–H groups in total. The maximum absolute atomic E-state index is 12.3. The SMILES string of the molecule is COc1ccc(CCNC(=O)c2cccnc2NC(C)C)cc1. The molecule has 5 heteroatoms. The predicted molar refractivity (Wildman–Crippen MR) is 92.0 cm³/mol. The van der Waals surface area contributed by atoms with E-state index >= 15 is 0 Å². The molecule has 0 aliphatic carbocycles. The zero-order valence-electron chi connectivity index (χ0n) is 13.8. The first-order chi connectivity index (χ1) is 11.1. The van der Waals surface area contributed by atoms with Gasteiger partial charge in [0.15, 0.2) is 0 Å². The first-order valence-corrected chi connectivity index (χ1v) is 7.73. The van der Waals surface area contributed by atoms with Crippen LogP contribution in [0, 0.1) is 0 Å². The molecule has 0 atom stereocenters. The van der Waals surface area contributed by atoms with Gasteiger partial charge in [0.05, 0.1) is 12.7 Å². The van der Waals surface area contributed by atoms with E-state index < -0.39 is 0 Å². The Labute approximate surface area is 137 Å². The van der Waals surface area contributed by atoms with E-state index in [4.69, 9.17) is 4.74 Å². The minimum absolute atomic E-state index is 0.116. The van der Waals surface area contributed by atoms with Gasteiger partial charge in [0.1, 0.15) is 11.6 Å². The Morgan fingerprint density at radius 1 is 1.22 bits per heavy atom. The van der Waals surface area contributed by atoms with E-state index in [0.29, 0.717) is 17.9 Å². The Morgan fingerprint density at radius 3 is 2.61 bits per heavy atom. The Balaban J connectivity index is 1.91. The third kappa shape index (κ3) is 4.98. The second-order valence-corrected chi connectivity index (χ2v) is 5.55. The maximum Gasteiger partial charge on any atom is 0.255 e. The highest BCUT2D eigenvalue weighted by molar-refractivity contribution is 5.98. The number of ether oxygens (including phenoxy) is 1. The normalized spacial score (nSPS) is 10.4. The number of amides is 1. The number of methoxy groups -OCH3 is 1. The maximum atomic E-state index is 12.3. The number of carbonyl (C=O) groups is 1. The number of anilines is 1. The van der Waals surface area contributed by atoms with Crippen LogP contribution in [0.25, 0.3) is 0 Å². The minimum Gasteiger partial charge on any atom is -0.497 e. The van der Waals surface area contributed by atoms with Gasteiger partial charge >= 0.3 is 0 Å². The van der Waals surface area contributed by atoms with Crippen molar-refractivity contribution >= 4 is 11.7 Å². The van der Waals surface area contributed by atoms with Crippen LogP contribution in [0.2, 0.25) is 0 Å². The number of aromatic nitrogens is 1. The third-order valence-electron chi connectivity index (χ3n) is 3.34. The Bertz CT molecular complexity index is 639. The van der Waals surface area contributed by atoms with Gasteiger partial charge < -0.3 is 15.4 Å². The fraction of sp³-hybridized carbons (Fsp3) is 0.333. The van der Waals surface area contributed by atoms with Crippen LogP contribution in [-0.4, -0.2) is 30.6 Å². The van der Waals surface area contributed by atoms with E-state index in [1.165, 1.54) is 0 Å². The summed E-state index contributed by atoms with van der Waals surface area (Å²) in [6.45, 7) is 4.60. The largest absolute Gasteiger partial charge is 0.497 e. The molecule has 0 unspecified atom stereocenters. The molecule has 122 valence electrons. The van der Waals surface area contributed by atoms with Crippen molar-refractivity contribution in [1.29, 1.82) is 0 Å². The molecule has 1 amide bonds. The summed E-state index contributed by atoms with van der Waals surface area (Å²) >= 11 is 0. The van der Waals surface area contributed by atoms with E-state index in [0.717, 1.165) is 17.7 Å². The highest BCUT2D eigenvalue weighted by Gasteiger charge is 2.12. The quantitative estimate of drug-likeness (QED) is 0.825. The molecule has 0 fully saturated rings. The van der Waals surface area contributed by atoms with Crippen molar-refractivity contribution < 1.29 is 9.53 Å². The van der Waals surface area contributed by atoms with Gasteiger partial charge in [-0.05, 0) is 50.1 Å². The molecule has 1 heterocycles. The first kappa shape index (κ1) is 16.8. The first-order valence-electron chi connectivity index (χ1n) is 7.73. The number of pyridine rings is 1. The number of carbonyl (C=O) groups excluding carboxylic acids is 1. The highest BCUT2D eigenvalue weighted by Crippen LogP contribution is 2.13. The van der Waals surface area contributed by atoms with Crippen molar-refractivity contribution in [2.45, 2.75) is 26.3 Å². The van der Waals surface area contributed by atoms with Crippen LogP contribution in [-0.2, 0) is 6.42 Å². The zero-order chi connectivity index (χ0) is 16.7. The van der Waals surface area contributed by atoms with Crippen molar-refractivity contribution in [3.05, 3.63) is 53.7 Å². The summed E-state index contributed by atoms with van der Waals surface area (Å²) in [6, 6.07) is 11.6. The van der Waals surface area contributed by atoms with Gasteiger partial charge in [0.25, 0.3) is 5.91 Å². The fourth-order valence-electron chi connectivity index (χ4n) is 2.18. The van der Waals surface area contributed by atoms with Crippen molar-refractivity contribution in [3.8, 4) is 5.75 Å². The Kier molecular flexibility index (Phi) is 5.97. The van der Waals surface area contributed by atoms with Gasteiger partial charge in [-0.1, -0.05) is 12.1 Å². The molecule has 23 heavy (non-hydrogen) atoms. The van der Waals surface area contributed by atoms with Crippen molar-refractivity contribution in [2.24, 2.45) is 0 Å². The average Bonchev–Trinajstić information content (AvgIpc) is 2.55. The standard InChI is InChI=1S/C18H23N3O2/c1-13(2)21-17-16(5-4-11-19-17)18(22)20-12-10-14-6-8-15(23-3)9-7-14/h4-9,11,13H,10,12H2,1-3H3,(H,19,21)(H,20,22). The third-order valence-corrected chi connectivity index (χ3v) is 3.34. The topological polar surface area (TPSA) is 63.2 Å². The van der Waals surface area contributed by atoms with Crippen LogP contribution < -0.4 is 15.4 Å². The molecule has 2 rings (SSSR count). The van der Waals surface area contributed by atoms with Gasteiger partial charge in [-0.15, -0.1) is 0 Å². The zero-order valence-corrected chi connectivity index (χ0v) is 13.8. The summed E-state index contributed by atoms with van der Waals surface area (Å²) in [5.41, 5.74) is 1.72. The lowest BCUT2D eigenvalue weighted by Crippen LogP contribution is -2.27. The van der Waals surface area contributed by atoms with E-state index in [-0.39, 0.29) is 11.9 Å². The summed E-state index contributed by atoms with van der Waals surface area (Å²) in [5, 5.41) is 6.13. The summed E-state index contributed by atoms with van der Waals surface area (Å²) < 4.78 is 5.13. The number of hydrogen-bond acceptors (Lipinski definition) is 4. The smallest absolute Gasteiger partial charge is 0.255 e. The van der Waals surface area contributed by atoms with Crippen LogP contribution in [0.4, 0.5) is 5.82 Å². The molecular formula is C18H23N3O2. The fourth-order valence-corrected chi connectivity index (χ4v) is 2.18. The van der Waals surface area contributed by atoms with Crippen LogP contribution in [0.1, 0.15) is 29.8 Å².